The number of carbonyl (C=O) groups is 1. The average molecular weight is 429 g/mol. The third kappa shape index (κ3) is 3.66. The van der Waals surface area contributed by atoms with E-state index in [1.54, 1.807) is 10.6 Å². The molecule has 2 aromatic heterocycles. The van der Waals surface area contributed by atoms with Crippen LogP contribution in [0.5, 0.6) is 0 Å². The minimum atomic E-state index is -0.897. The Morgan fingerprint density at radius 2 is 1.68 bits per heavy atom. The van der Waals surface area contributed by atoms with Crippen LogP contribution >= 0.6 is 0 Å². The smallest absolute Gasteiger partial charge is 0.332 e. The molecule has 8 nitrogen and oxygen atoms in total. The van der Waals surface area contributed by atoms with Crippen molar-refractivity contribution in [1.29, 1.82) is 0 Å². The predicted molar refractivity (Wildman–Crippen MR) is 118 cm³/mol. The van der Waals surface area contributed by atoms with Gasteiger partial charge >= 0.3 is 11.7 Å². The third-order valence-corrected chi connectivity index (χ3v) is 7.47. The van der Waals surface area contributed by atoms with Crippen LogP contribution in [0.1, 0.15) is 77.5 Å². The Labute approximate surface area is 181 Å². The number of carboxylic acids is 1. The van der Waals surface area contributed by atoms with Gasteiger partial charge in [0.2, 0.25) is 0 Å². The monoisotopic (exact) mass is 428 g/mol. The van der Waals surface area contributed by atoms with Gasteiger partial charge in [-0.3, -0.25) is 13.9 Å². The molecule has 8 heteroatoms. The standard InChI is InChI=1S/C23H32N4O4/c1-3-14-26-18-17(19(30)27(15-4-2)21(26)31)24-20(25-18)23-11-8-22(9-12-23,10-13-23)7-5-6-16(28)29/h5-6H,3-4,7-15H2,1-2H3,(H,24,25)(H,28,29). The molecule has 3 saturated carbocycles. The van der Waals surface area contributed by atoms with E-state index in [1.807, 2.05) is 13.8 Å². The van der Waals surface area contributed by atoms with Crippen LogP contribution in [0.3, 0.4) is 0 Å². The van der Waals surface area contributed by atoms with E-state index in [4.69, 9.17) is 10.1 Å². The topological polar surface area (TPSA) is 110 Å². The number of nitrogens with zero attached hydrogens (tertiary/aromatic N) is 3. The van der Waals surface area contributed by atoms with E-state index < -0.39 is 5.97 Å². The van der Waals surface area contributed by atoms with Crippen LogP contribution in [0.15, 0.2) is 21.7 Å². The number of imidazole rings is 1. The van der Waals surface area contributed by atoms with Gasteiger partial charge in [0.25, 0.3) is 5.56 Å². The molecule has 168 valence electrons. The van der Waals surface area contributed by atoms with Gasteiger partial charge in [-0.1, -0.05) is 19.9 Å². The first-order valence-corrected chi connectivity index (χ1v) is 11.5. The van der Waals surface area contributed by atoms with Crippen molar-refractivity contribution in [1.82, 2.24) is 19.1 Å². The Bertz CT molecular complexity index is 1110. The van der Waals surface area contributed by atoms with Gasteiger partial charge in [-0.05, 0) is 63.2 Å². The number of carboxylic acid groups (broad SMARTS) is 1. The molecule has 2 heterocycles. The highest BCUT2D eigenvalue weighted by Gasteiger charge is 2.50. The zero-order valence-corrected chi connectivity index (χ0v) is 18.4. The quantitative estimate of drug-likeness (QED) is 0.627. The van der Waals surface area contributed by atoms with E-state index in [1.165, 1.54) is 10.6 Å². The summed E-state index contributed by atoms with van der Waals surface area (Å²) in [6.07, 6.45) is 11.3. The van der Waals surface area contributed by atoms with Crippen molar-refractivity contribution in [3.05, 3.63) is 38.8 Å². The highest BCUT2D eigenvalue weighted by Crippen LogP contribution is 2.58. The molecule has 0 amide bonds. The molecule has 3 aliphatic carbocycles. The molecule has 2 N–H and O–H groups in total. The number of hydrogen-bond donors (Lipinski definition) is 2. The van der Waals surface area contributed by atoms with E-state index in [0.717, 1.165) is 63.6 Å². The minimum Gasteiger partial charge on any atom is -0.478 e. The number of aromatic amines is 1. The molecule has 0 spiro atoms. The fourth-order valence-corrected chi connectivity index (χ4v) is 5.60. The Hall–Kier alpha value is -2.64. The first-order valence-electron chi connectivity index (χ1n) is 11.5. The zero-order chi connectivity index (χ0) is 22.2. The summed E-state index contributed by atoms with van der Waals surface area (Å²) in [6.45, 7) is 4.92. The lowest BCUT2D eigenvalue weighted by Gasteiger charge is -2.52. The molecule has 0 radical (unpaired) electrons. The summed E-state index contributed by atoms with van der Waals surface area (Å²) in [5, 5.41) is 8.87. The van der Waals surface area contributed by atoms with Crippen molar-refractivity contribution in [2.75, 3.05) is 0 Å². The summed E-state index contributed by atoms with van der Waals surface area (Å²) in [4.78, 5) is 45.0. The Kier molecular flexibility index (Phi) is 5.66. The van der Waals surface area contributed by atoms with E-state index in [9.17, 15) is 14.4 Å². The first kappa shape index (κ1) is 21.6. The van der Waals surface area contributed by atoms with Crippen molar-refractivity contribution in [2.45, 2.75) is 90.1 Å². The summed E-state index contributed by atoms with van der Waals surface area (Å²) in [7, 11) is 0. The summed E-state index contributed by atoms with van der Waals surface area (Å²) in [6, 6.07) is 0. The Morgan fingerprint density at radius 3 is 2.26 bits per heavy atom. The molecule has 3 aliphatic rings. The van der Waals surface area contributed by atoms with Crippen LogP contribution in [0.2, 0.25) is 0 Å². The number of aromatic nitrogens is 4. The van der Waals surface area contributed by atoms with Crippen LogP contribution in [-0.4, -0.2) is 30.2 Å². The molecule has 5 rings (SSSR count). The van der Waals surface area contributed by atoms with Gasteiger partial charge in [0.05, 0.1) is 0 Å². The van der Waals surface area contributed by atoms with Crippen molar-refractivity contribution < 1.29 is 9.90 Å². The highest BCUT2D eigenvalue weighted by molar-refractivity contribution is 5.79. The van der Waals surface area contributed by atoms with E-state index >= 15 is 0 Å². The Morgan fingerprint density at radius 1 is 1.06 bits per heavy atom. The second kappa shape index (κ2) is 8.13. The lowest BCUT2D eigenvalue weighted by molar-refractivity contribution is -0.131. The lowest BCUT2D eigenvalue weighted by Crippen LogP contribution is -2.44. The van der Waals surface area contributed by atoms with Crippen LogP contribution < -0.4 is 11.2 Å². The van der Waals surface area contributed by atoms with Crippen LogP contribution in [0, 0.1) is 5.41 Å². The molecule has 0 aromatic carbocycles. The largest absolute Gasteiger partial charge is 0.478 e. The summed E-state index contributed by atoms with van der Waals surface area (Å²) in [5.74, 6) is -0.0565. The highest BCUT2D eigenvalue weighted by atomic mass is 16.4. The maximum Gasteiger partial charge on any atom is 0.332 e. The van der Waals surface area contributed by atoms with Gasteiger partial charge in [0, 0.05) is 24.6 Å². The SMILES string of the molecule is CCCn1c(=O)c2[nH]c(C34CCC(CC=CC(=O)O)(CC3)CC4)nc2n(CCC)c1=O. The molecule has 0 aliphatic heterocycles. The third-order valence-electron chi connectivity index (χ3n) is 7.47. The van der Waals surface area contributed by atoms with Gasteiger partial charge in [0.15, 0.2) is 5.65 Å². The van der Waals surface area contributed by atoms with E-state index in [-0.39, 0.29) is 22.1 Å². The summed E-state index contributed by atoms with van der Waals surface area (Å²) >= 11 is 0. The predicted octanol–water partition coefficient (Wildman–Crippen LogP) is 3.33. The number of rotatable bonds is 8. The Balaban J connectivity index is 1.70. The van der Waals surface area contributed by atoms with Gasteiger partial charge in [0.1, 0.15) is 11.3 Å². The molecular formula is C23H32N4O4. The minimum absolute atomic E-state index is 0.0909. The average Bonchev–Trinajstić information content (AvgIpc) is 3.21. The van der Waals surface area contributed by atoms with Gasteiger partial charge in [-0.2, -0.15) is 0 Å². The molecule has 0 saturated heterocycles. The maximum absolute atomic E-state index is 13.0. The summed E-state index contributed by atoms with van der Waals surface area (Å²) < 4.78 is 2.98. The van der Waals surface area contributed by atoms with Crippen molar-refractivity contribution >= 4 is 17.1 Å². The number of H-pyrrole nitrogens is 1. The van der Waals surface area contributed by atoms with E-state index in [2.05, 4.69) is 4.98 Å². The second-order valence-electron chi connectivity index (χ2n) is 9.40. The molecule has 2 aromatic rings. The van der Waals surface area contributed by atoms with E-state index in [0.29, 0.717) is 24.3 Å². The first-order chi connectivity index (χ1) is 14.8. The van der Waals surface area contributed by atoms with Crippen molar-refractivity contribution in [3.8, 4) is 0 Å². The molecule has 31 heavy (non-hydrogen) atoms. The van der Waals surface area contributed by atoms with Gasteiger partial charge in [-0.15, -0.1) is 0 Å². The number of aliphatic carboxylic acids is 1. The number of fused-ring (bicyclic) bond motifs is 4. The number of aryl methyl sites for hydroxylation is 1. The van der Waals surface area contributed by atoms with Gasteiger partial charge < -0.3 is 10.1 Å². The van der Waals surface area contributed by atoms with Crippen molar-refractivity contribution in [2.24, 2.45) is 5.41 Å². The molecule has 2 bridgehead atoms. The number of hydrogen-bond acceptors (Lipinski definition) is 4. The van der Waals surface area contributed by atoms with Crippen LogP contribution in [0.4, 0.5) is 0 Å². The zero-order valence-electron chi connectivity index (χ0n) is 18.4. The molecule has 0 unspecified atom stereocenters. The molecule has 0 atom stereocenters. The number of allylic oxidation sites excluding steroid dienone is 1. The van der Waals surface area contributed by atoms with Crippen LogP contribution in [0.25, 0.3) is 11.2 Å². The second-order valence-corrected chi connectivity index (χ2v) is 9.40. The summed E-state index contributed by atoms with van der Waals surface area (Å²) in [5.41, 5.74) is 0.472. The van der Waals surface area contributed by atoms with Crippen LogP contribution in [-0.2, 0) is 23.3 Å². The van der Waals surface area contributed by atoms with Crippen molar-refractivity contribution in [3.63, 3.8) is 0 Å². The fraction of sp³-hybridized carbons (Fsp3) is 0.652. The molecular weight excluding hydrogens is 396 g/mol. The molecule has 3 fully saturated rings. The fourth-order valence-electron chi connectivity index (χ4n) is 5.60. The normalized spacial score (nSPS) is 25.6. The number of nitrogens with one attached hydrogen (secondary N) is 1. The van der Waals surface area contributed by atoms with Gasteiger partial charge in [-0.25, -0.2) is 14.6 Å². The lowest BCUT2D eigenvalue weighted by atomic mass is 9.52. The maximum atomic E-state index is 13.0.